The van der Waals surface area contributed by atoms with E-state index in [0.29, 0.717) is 12.2 Å². The van der Waals surface area contributed by atoms with Crippen molar-refractivity contribution in [2.24, 2.45) is 0 Å². The van der Waals surface area contributed by atoms with Crippen LogP contribution in [0.3, 0.4) is 0 Å². The van der Waals surface area contributed by atoms with E-state index in [0.717, 1.165) is 37.3 Å². The van der Waals surface area contributed by atoms with Crippen molar-refractivity contribution < 1.29 is 4.79 Å². The van der Waals surface area contributed by atoms with Crippen LogP contribution in [0.1, 0.15) is 37.6 Å². The number of hydrogen-bond donors (Lipinski definition) is 1. The van der Waals surface area contributed by atoms with Crippen LogP contribution in [-0.4, -0.2) is 28.2 Å². The molecule has 0 amide bonds. The van der Waals surface area contributed by atoms with Crippen molar-refractivity contribution in [1.82, 2.24) is 15.1 Å². The lowest BCUT2D eigenvalue weighted by atomic mass is 9.98. The minimum absolute atomic E-state index is 0.0595. The van der Waals surface area contributed by atoms with Crippen LogP contribution in [0.25, 0.3) is 0 Å². The first-order chi connectivity index (χ1) is 8.20. The molecule has 17 heavy (non-hydrogen) atoms. The van der Waals surface area contributed by atoms with E-state index in [9.17, 15) is 4.79 Å². The number of nitrogens with zero attached hydrogens (tertiary/aromatic N) is 2. The summed E-state index contributed by atoms with van der Waals surface area (Å²) in [5.41, 5.74) is 2.04. The van der Waals surface area contributed by atoms with Gasteiger partial charge in [0, 0.05) is 12.2 Å². The van der Waals surface area contributed by atoms with Crippen molar-refractivity contribution >= 4 is 5.78 Å². The largest absolute Gasteiger partial charge is 0.307 e. The molecule has 0 spiro atoms. The van der Waals surface area contributed by atoms with Gasteiger partial charge in [0.2, 0.25) is 0 Å². The Morgan fingerprint density at radius 2 is 2.41 bits per heavy atom. The summed E-state index contributed by atoms with van der Waals surface area (Å²) < 4.78 is 1.93. The van der Waals surface area contributed by atoms with Gasteiger partial charge in [0.25, 0.3) is 0 Å². The number of nitrogens with one attached hydrogen (secondary N) is 1. The fourth-order valence-electron chi connectivity index (χ4n) is 2.44. The fourth-order valence-corrected chi connectivity index (χ4v) is 2.44. The molecule has 1 aliphatic heterocycles. The minimum atomic E-state index is 0.0595. The van der Waals surface area contributed by atoms with Gasteiger partial charge in [-0.2, -0.15) is 5.10 Å². The van der Waals surface area contributed by atoms with E-state index in [1.54, 1.807) is 0 Å². The van der Waals surface area contributed by atoms with Crippen molar-refractivity contribution in [2.75, 3.05) is 6.54 Å². The van der Waals surface area contributed by atoms with Gasteiger partial charge in [-0.1, -0.05) is 6.42 Å². The minimum Gasteiger partial charge on any atom is -0.307 e. The molecule has 2 heterocycles. The van der Waals surface area contributed by atoms with Crippen LogP contribution in [0.2, 0.25) is 0 Å². The average molecular weight is 235 g/mol. The summed E-state index contributed by atoms with van der Waals surface area (Å²) in [6, 6.07) is 2.08. The predicted octanol–water partition coefficient (Wildman–Crippen LogP) is 1.47. The summed E-state index contributed by atoms with van der Waals surface area (Å²) in [5, 5.41) is 7.68. The molecule has 1 aliphatic rings. The van der Waals surface area contributed by atoms with Gasteiger partial charge < -0.3 is 5.32 Å². The number of hydrogen-bond acceptors (Lipinski definition) is 3. The molecule has 1 unspecified atom stereocenters. The molecule has 0 aromatic carbocycles. The highest BCUT2D eigenvalue weighted by atomic mass is 16.1. The van der Waals surface area contributed by atoms with Crippen LogP contribution >= 0.6 is 0 Å². The molecule has 0 radical (unpaired) electrons. The quantitative estimate of drug-likeness (QED) is 0.859. The van der Waals surface area contributed by atoms with E-state index >= 15 is 0 Å². The highest BCUT2D eigenvalue weighted by Gasteiger charge is 2.21. The van der Waals surface area contributed by atoms with Crippen LogP contribution in [0.5, 0.6) is 0 Å². The summed E-state index contributed by atoms with van der Waals surface area (Å²) in [6.45, 7) is 5.83. The second kappa shape index (κ2) is 5.45. The molecule has 1 aromatic rings. The first-order valence-corrected chi connectivity index (χ1v) is 6.50. The molecular weight excluding hydrogens is 214 g/mol. The molecule has 0 bridgehead atoms. The highest BCUT2D eigenvalue weighted by Crippen LogP contribution is 2.12. The van der Waals surface area contributed by atoms with Gasteiger partial charge in [-0.3, -0.25) is 9.48 Å². The smallest absolute Gasteiger partial charge is 0.155 e. The van der Waals surface area contributed by atoms with E-state index in [-0.39, 0.29) is 6.04 Å². The van der Waals surface area contributed by atoms with Gasteiger partial charge in [0.15, 0.2) is 5.78 Å². The summed E-state index contributed by atoms with van der Waals surface area (Å²) in [4.78, 5) is 12.1. The van der Waals surface area contributed by atoms with E-state index < -0.39 is 0 Å². The number of aryl methyl sites for hydroxylation is 2. The third kappa shape index (κ3) is 2.94. The van der Waals surface area contributed by atoms with Crippen molar-refractivity contribution in [3.63, 3.8) is 0 Å². The second-order valence-electron chi connectivity index (χ2n) is 4.74. The van der Waals surface area contributed by atoms with Gasteiger partial charge in [0.05, 0.1) is 18.2 Å². The maximum Gasteiger partial charge on any atom is 0.155 e. The molecule has 1 saturated heterocycles. The van der Waals surface area contributed by atoms with Crippen molar-refractivity contribution in [3.8, 4) is 0 Å². The Labute approximate surface area is 102 Å². The van der Waals surface area contributed by atoms with Gasteiger partial charge in [-0.05, 0) is 39.3 Å². The van der Waals surface area contributed by atoms with E-state index in [2.05, 4.69) is 17.3 Å². The molecule has 0 saturated carbocycles. The summed E-state index contributed by atoms with van der Waals surface area (Å²) in [5.74, 6) is 0.305. The molecule has 2 rings (SSSR count). The molecule has 1 aromatic heterocycles. The average Bonchev–Trinajstić information content (AvgIpc) is 2.70. The first-order valence-electron chi connectivity index (χ1n) is 6.50. The Hall–Kier alpha value is -1.16. The van der Waals surface area contributed by atoms with Gasteiger partial charge >= 0.3 is 0 Å². The van der Waals surface area contributed by atoms with Crippen molar-refractivity contribution in [1.29, 1.82) is 0 Å². The lowest BCUT2D eigenvalue weighted by Gasteiger charge is -2.22. The zero-order valence-corrected chi connectivity index (χ0v) is 10.7. The zero-order valence-electron chi connectivity index (χ0n) is 10.7. The van der Waals surface area contributed by atoms with Crippen molar-refractivity contribution in [3.05, 3.63) is 17.5 Å². The molecule has 1 atom stereocenters. The maximum atomic E-state index is 12.1. The predicted molar refractivity (Wildman–Crippen MR) is 67.0 cm³/mol. The standard InChI is InChI=1S/C13H21N3O/c1-3-16-11(8-10(2)15-16)9-13(17)12-6-4-5-7-14-12/h8,12,14H,3-7,9H2,1-2H3. The van der Waals surface area contributed by atoms with Crippen molar-refractivity contribution in [2.45, 2.75) is 52.1 Å². The summed E-state index contributed by atoms with van der Waals surface area (Å²) in [7, 11) is 0. The van der Waals surface area contributed by atoms with Gasteiger partial charge in [0.1, 0.15) is 0 Å². The molecule has 94 valence electrons. The Bertz CT molecular complexity index is 391. The Kier molecular flexibility index (Phi) is 3.94. The number of aromatic nitrogens is 2. The lowest BCUT2D eigenvalue weighted by molar-refractivity contribution is -0.121. The fraction of sp³-hybridized carbons (Fsp3) is 0.692. The van der Waals surface area contributed by atoms with E-state index in [4.69, 9.17) is 0 Å². The lowest BCUT2D eigenvalue weighted by Crippen LogP contribution is -2.41. The molecule has 4 nitrogen and oxygen atoms in total. The number of carbonyl (C=O) groups is 1. The van der Waals surface area contributed by atoms with Gasteiger partial charge in [-0.15, -0.1) is 0 Å². The number of ketones is 1. The number of rotatable bonds is 4. The molecular formula is C13H21N3O. The first kappa shape index (κ1) is 12.3. The van der Waals surface area contributed by atoms with Crippen LogP contribution in [0, 0.1) is 6.92 Å². The van der Waals surface area contributed by atoms with E-state index in [1.807, 2.05) is 17.7 Å². The normalized spacial score (nSPS) is 20.5. The van der Waals surface area contributed by atoms with Crippen LogP contribution in [0.15, 0.2) is 6.07 Å². The number of carbonyl (C=O) groups excluding carboxylic acids is 1. The molecule has 0 aliphatic carbocycles. The van der Waals surface area contributed by atoms with Crippen LogP contribution < -0.4 is 5.32 Å². The topological polar surface area (TPSA) is 46.9 Å². The maximum absolute atomic E-state index is 12.1. The zero-order chi connectivity index (χ0) is 12.3. The molecule has 1 fully saturated rings. The van der Waals surface area contributed by atoms with Gasteiger partial charge in [-0.25, -0.2) is 0 Å². The van der Waals surface area contributed by atoms with Crippen LogP contribution in [-0.2, 0) is 17.8 Å². The third-order valence-electron chi connectivity index (χ3n) is 3.34. The highest BCUT2D eigenvalue weighted by molar-refractivity contribution is 5.85. The molecule has 4 heteroatoms. The van der Waals surface area contributed by atoms with E-state index in [1.165, 1.54) is 6.42 Å². The summed E-state index contributed by atoms with van der Waals surface area (Å²) in [6.07, 6.45) is 3.84. The SMILES string of the molecule is CCn1nc(C)cc1CC(=O)C1CCCCN1. The number of piperidine rings is 1. The monoisotopic (exact) mass is 235 g/mol. The molecule has 1 N–H and O–H groups in total. The Morgan fingerprint density at radius 3 is 3.06 bits per heavy atom. The second-order valence-corrected chi connectivity index (χ2v) is 4.74. The number of Topliss-reactive ketones (excluding diaryl/α,β-unsaturated/α-hetero) is 1. The Balaban J connectivity index is 2.01. The Morgan fingerprint density at radius 1 is 1.59 bits per heavy atom. The summed E-state index contributed by atoms with van der Waals surface area (Å²) >= 11 is 0. The third-order valence-corrected chi connectivity index (χ3v) is 3.34. The van der Waals surface area contributed by atoms with Crippen LogP contribution in [0.4, 0.5) is 0 Å².